The molecule has 0 saturated heterocycles. The molecule has 0 aliphatic carbocycles. The molecule has 2 rings (SSSR count). The van der Waals surface area contributed by atoms with E-state index in [0.717, 1.165) is 24.6 Å². The molecule has 0 fully saturated rings. The van der Waals surface area contributed by atoms with E-state index in [2.05, 4.69) is 20.2 Å². The maximum atomic E-state index is 5.46. The van der Waals surface area contributed by atoms with Crippen molar-refractivity contribution in [3.8, 4) is 0 Å². The summed E-state index contributed by atoms with van der Waals surface area (Å²) in [6, 6.07) is 0. The minimum atomic E-state index is -0.176. The van der Waals surface area contributed by atoms with Gasteiger partial charge in [-0.3, -0.25) is 4.84 Å². The molecule has 0 atom stereocenters. The van der Waals surface area contributed by atoms with Crippen LogP contribution in [-0.4, -0.2) is 20.4 Å². The highest BCUT2D eigenvalue weighted by atomic mass is 16.7. The lowest BCUT2D eigenvalue weighted by atomic mass is 10.2. The van der Waals surface area contributed by atoms with Crippen LogP contribution in [0.2, 0.25) is 0 Å². The van der Waals surface area contributed by atoms with Crippen LogP contribution >= 0.6 is 0 Å². The molecule has 1 N–H and O–H groups in total. The first kappa shape index (κ1) is 11.5. The number of hydroxylamine groups is 1. The molecular weight excluding hydrogens is 204 g/mol. The quantitative estimate of drug-likeness (QED) is 0.789. The van der Waals surface area contributed by atoms with Gasteiger partial charge in [0.1, 0.15) is 11.6 Å². The number of hydrogen-bond acceptors (Lipinski definition) is 4. The molecule has 0 aromatic carbocycles. The minimum Gasteiger partial charge on any atom is -0.314 e. The smallest absolute Gasteiger partial charge is 0.149 e. The van der Waals surface area contributed by atoms with E-state index in [0.29, 0.717) is 6.54 Å². The van der Waals surface area contributed by atoms with Crippen LogP contribution in [0.15, 0.2) is 0 Å². The van der Waals surface area contributed by atoms with E-state index in [1.807, 2.05) is 20.8 Å². The van der Waals surface area contributed by atoms with E-state index < -0.39 is 0 Å². The number of nitrogens with zero attached hydrogens (tertiary/aromatic N) is 3. The zero-order valence-corrected chi connectivity index (χ0v) is 10.3. The zero-order valence-electron chi connectivity index (χ0n) is 10.3. The molecule has 0 saturated carbocycles. The first-order valence-corrected chi connectivity index (χ1v) is 5.88. The first-order valence-electron chi connectivity index (χ1n) is 5.88. The van der Waals surface area contributed by atoms with Crippen LogP contribution in [0.5, 0.6) is 0 Å². The molecule has 1 aromatic rings. The van der Waals surface area contributed by atoms with Crippen LogP contribution in [-0.2, 0) is 24.3 Å². The van der Waals surface area contributed by atoms with Crippen LogP contribution in [0.1, 0.15) is 45.3 Å². The highest BCUT2D eigenvalue weighted by Gasteiger charge is 2.16. The molecule has 1 aliphatic heterocycles. The van der Waals surface area contributed by atoms with E-state index in [1.165, 1.54) is 12.8 Å². The predicted molar refractivity (Wildman–Crippen MR) is 60.6 cm³/mol. The third-order valence-electron chi connectivity index (χ3n) is 2.54. The van der Waals surface area contributed by atoms with Crippen LogP contribution in [0.3, 0.4) is 0 Å². The molecule has 90 valence electrons. The Morgan fingerprint density at radius 1 is 1.31 bits per heavy atom. The topological polar surface area (TPSA) is 52.0 Å². The Hall–Kier alpha value is -0.940. The van der Waals surface area contributed by atoms with Crippen molar-refractivity contribution >= 4 is 0 Å². The van der Waals surface area contributed by atoms with Crippen molar-refractivity contribution in [2.24, 2.45) is 0 Å². The second-order valence-electron chi connectivity index (χ2n) is 5.18. The highest BCUT2D eigenvalue weighted by molar-refractivity contribution is 4.98. The summed E-state index contributed by atoms with van der Waals surface area (Å²) in [4.78, 5) is 5.46. The van der Waals surface area contributed by atoms with Crippen molar-refractivity contribution in [3.63, 3.8) is 0 Å². The summed E-state index contributed by atoms with van der Waals surface area (Å²) < 4.78 is 2.20. The van der Waals surface area contributed by atoms with E-state index >= 15 is 0 Å². The minimum absolute atomic E-state index is 0.176. The molecule has 0 radical (unpaired) electrons. The van der Waals surface area contributed by atoms with E-state index in [9.17, 15) is 0 Å². The molecule has 16 heavy (non-hydrogen) atoms. The van der Waals surface area contributed by atoms with Crippen LogP contribution in [0.4, 0.5) is 0 Å². The lowest BCUT2D eigenvalue weighted by Gasteiger charge is -2.20. The second kappa shape index (κ2) is 4.51. The Bertz CT molecular complexity index is 353. The normalized spacial score (nSPS) is 16.2. The largest absolute Gasteiger partial charge is 0.314 e. The van der Waals surface area contributed by atoms with Gasteiger partial charge in [-0.05, 0) is 33.6 Å². The average Bonchev–Trinajstić information content (AvgIpc) is 2.60. The molecule has 0 unspecified atom stereocenters. The summed E-state index contributed by atoms with van der Waals surface area (Å²) in [6.45, 7) is 7.69. The molecule has 0 amide bonds. The molecule has 0 spiro atoms. The Kier molecular flexibility index (Phi) is 3.25. The van der Waals surface area contributed by atoms with E-state index in [1.54, 1.807) is 0 Å². The summed E-state index contributed by atoms with van der Waals surface area (Å²) in [6.07, 6.45) is 3.50. The lowest BCUT2D eigenvalue weighted by Crippen LogP contribution is -2.30. The molecule has 5 nitrogen and oxygen atoms in total. The Labute approximate surface area is 96.2 Å². The van der Waals surface area contributed by atoms with Gasteiger partial charge in [0, 0.05) is 13.0 Å². The fraction of sp³-hybridized carbons (Fsp3) is 0.818. The van der Waals surface area contributed by atoms with Crippen molar-refractivity contribution in [3.05, 3.63) is 11.6 Å². The fourth-order valence-electron chi connectivity index (χ4n) is 1.82. The van der Waals surface area contributed by atoms with Crippen molar-refractivity contribution in [1.82, 2.24) is 20.2 Å². The Morgan fingerprint density at radius 2 is 2.12 bits per heavy atom. The van der Waals surface area contributed by atoms with Gasteiger partial charge in [0.25, 0.3) is 0 Å². The summed E-state index contributed by atoms with van der Waals surface area (Å²) in [5, 5.41) is 8.38. The zero-order chi connectivity index (χ0) is 11.6. The average molecular weight is 224 g/mol. The standard InChI is InChI=1S/C11H20N4O/c1-11(2,3)16-12-8-10-14-13-9-6-4-5-7-15(9)10/h12H,4-8H2,1-3H3. The van der Waals surface area contributed by atoms with Crippen molar-refractivity contribution < 1.29 is 4.84 Å². The van der Waals surface area contributed by atoms with Crippen molar-refractivity contribution in [1.29, 1.82) is 0 Å². The summed E-state index contributed by atoms with van der Waals surface area (Å²) in [7, 11) is 0. The molecular formula is C11H20N4O. The van der Waals surface area contributed by atoms with Crippen LogP contribution in [0, 0.1) is 0 Å². The highest BCUT2D eigenvalue weighted by Crippen LogP contribution is 2.14. The molecule has 0 bridgehead atoms. The van der Waals surface area contributed by atoms with Gasteiger partial charge in [-0.15, -0.1) is 10.2 Å². The number of fused-ring (bicyclic) bond motifs is 1. The third-order valence-corrected chi connectivity index (χ3v) is 2.54. The monoisotopic (exact) mass is 224 g/mol. The summed E-state index contributed by atoms with van der Waals surface area (Å²) in [5.41, 5.74) is 2.78. The Balaban J connectivity index is 1.92. The van der Waals surface area contributed by atoms with Crippen molar-refractivity contribution in [2.75, 3.05) is 0 Å². The van der Waals surface area contributed by atoms with E-state index in [-0.39, 0.29) is 5.60 Å². The number of rotatable bonds is 3. The molecule has 2 heterocycles. The van der Waals surface area contributed by atoms with Crippen LogP contribution in [0.25, 0.3) is 0 Å². The van der Waals surface area contributed by atoms with Crippen LogP contribution < -0.4 is 5.48 Å². The molecule has 5 heteroatoms. The maximum absolute atomic E-state index is 5.46. The number of aromatic nitrogens is 3. The maximum Gasteiger partial charge on any atom is 0.149 e. The van der Waals surface area contributed by atoms with Gasteiger partial charge in [-0.25, -0.2) is 0 Å². The molecule has 1 aliphatic rings. The van der Waals surface area contributed by atoms with Gasteiger partial charge in [0.15, 0.2) is 0 Å². The fourth-order valence-corrected chi connectivity index (χ4v) is 1.82. The van der Waals surface area contributed by atoms with Gasteiger partial charge in [0.2, 0.25) is 0 Å². The number of nitrogens with one attached hydrogen (secondary N) is 1. The van der Waals surface area contributed by atoms with Crippen molar-refractivity contribution in [2.45, 2.75) is 58.7 Å². The van der Waals surface area contributed by atoms with E-state index in [4.69, 9.17) is 4.84 Å². The molecule has 1 aromatic heterocycles. The van der Waals surface area contributed by atoms with Gasteiger partial charge in [-0.2, -0.15) is 5.48 Å². The number of hydrogen-bond donors (Lipinski definition) is 1. The summed E-state index contributed by atoms with van der Waals surface area (Å²) >= 11 is 0. The summed E-state index contributed by atoms with van der Waals surface area (Å²) in [5.74, 6) is 2.08. The SMILES string of the molecule is CC(C)(C)ONCc1nnc2n1CCCC2. The first-order chi connectivity index (χ1) is 7.56. The number of aryl methyl sites for hydroxylation is 1. The predicted octanol–water partition coefficient (Wildman–Crippen LogP) is 1.43. The second-order valence-corrected chi connectivity index (χ2v) is 5.18. The third kappa shape index (κ3) is 2.80. The Morgan fingerprint density at radius 3 is 2.88 bits per heavy atom. The van der Waals surface area contributed by atoms with Gasteiger partial charge in [0.05, 0.1) is 12.1 Å². The van der Waals surface area contributed by atoms with Gasteiger partial charge >= 0.3 is 0 Å². The lowest BCUT2D eigenvalue weighted by molar-refractivity contribution is -0.0769. The van der Waals surface area contributed by atoms with Gasteiger partial charge < -0.3 is 4.57 Å². The van der Waals surface area contributed by atoms with Gasteiger partial charge in [-0.1, -0.05) is 0 Å².